The lowest BCUT2D eigenvalue weighted by molar-refractivity contribution is 0.0860. The maximum absolute atomic E-state index is 13.9. The van der Waals surface area contributed by atoms with Gasteiger partial charge in [-0.1, -0.05) is 32.9 Å². The van der Waals surface area contributed by atoms with Crippen LogP contribution < -0.4 is 5.32 Å². The fraction of sp³-hybridized carbons (Fsp3) is 0.625. The summed E-state index contributed by atoms with van der Waals surface area (Å²) in [4.78, 5) is 2.47. The van der Waals surface area contributed by atoms with Gasteiger partial charge in [-0.15, -0.1) is 0 Å². The third-order valence-electron chi connectivity index (χ3n) is 3.85. The largest absolute Gasteiger partial charge is 0.314 e. The number of hydrogen-bond acceptors (Lipinski definition) is 2. The Hall–Kier alpha value is -0.930. The van der Waals surface area contributed by atoms with Gasteiger partial charge in [0.15, 0.2) is 0 Å². The van der Waals surface area contributed by atoms with Gasteiger partial charge < -0.3 is 5.32 Å². The Morgan fingerprint density at radius 2 is 1.84 bits per heavy atom. The van der Waals surface area contributed by atoms with Crippen molar-refractivity contribution in [3.8, 4) is 0 Å². The number of nitrogens with one attached hydrogen (secondary N) is 1. The molecule has 0 amide bonds. The maximum Gasteiger partial charge on any atom is 0.126 e. The molecule has 2 rings (SSSR count). The Bertz CT molecular complexity index is 431. The summed E-state index contributed by atoms with van der Waals surface area (Å²) in [6.07, 6.45) is 0. The molecule has 1 atom stereocenters. The number of rotatable bonds is 2. The van der Waals surface area contributed by atoms with E-state index in [1.807, 2.05) is 13.0 Å². The van der Waals surface area contributed by atoms with Crippen molar-refractivity contribution in [2.24, 2.45) is 5.41 Å². The summed E-state index contributed by atoms with van der Waals surface area (Å²) in [5.74, 6) is -0.0955. The molecule has 0 saturated carbocycles. The van der Waals surface area contributed by atoms with Crippen LogP contribution in [0, 0.1) is 18.2 Å². The van der Waals surface area contributed by atoms with Gasteiger partial charge >= 0.3 is 0 Å². The second-order valence-electron chi connectivity index (χ2n) is 6.56. The highest BCUT2D eigenvalue weighted by Gasteiger charge is 2.32. The SMILES string of the molecule is Cc1ccc([C@@H](N2CCNCC2)C(C)(C)C)cc1F. The van der Waals surface area contributed by atoms with E-state index in [-0.39, 0.29) is 17.3 Å². The summed E-state index contributed by atoms with van der Waals surface area (Å²) in [7, 11) is 0. The minimum absolute atomic E-state index is 0.0955. The normalized spacial score (nSPS) is 19.4. The highest BCUT2D eigenvalue weighted by atomic mass is 19.1. The van der Waals surface area contributed by atoms with E-state index in [9.17, 15) is 4.39 Å². The molecular weight excluding hydrogens is 239 g/mol. The first-order valence-corrected chi connectivity index (χ1v) is 7.10. The van der Waals surface area contributed by atoms with Crippen LogP contribution in [0.25, 0.3) is 0 Å². The molecule has 1 heterocycles. The van der Waals surface area contributed by atoms with E-state index in [2.05, 4.69) is 37.1 Å². The molecule has 1 fully saturated rings. The number of aryl methyl sites for hydroxylation is 1. The van der Waals surface area contributed by atoms with Crippen LogP contribution in [0.5, 0.6) is 0 Å². The van der Waals surface area contributed by atoms with Crippen molar-refractivity contribution in [1.29, 1.82) is 0 Å². The Morgan fingerprint density at radius 1 is 1.21 bits per heavy atom. The average molecular weight is 264 g/mol. The number of halogens is 1. The first kappa shape index (κ1) is 14.5. The lowest BCUT2D eigenvalue weighted by atomic mass is 9.80. The number of benzene rings is 1. The zero-order valence-corrected chi connectivity index (χ0v) is 12.5. The molecule has 1 aromatic carbocycles. The zero-order chi connectivity index (χ0) is 14.0. The molecule has 0 aliphatic carbocycles. The number of piperazine rings is 1. The van der Waals surface area contributed by atoms with Crippen LogP contribution in [0.2, 0.25) is 0 Å². The Balaban J connectivity index is 2.33. The molecule has 19 heavy (non-hydrogen) atoms. The van der Waals surface area contributed by atoms with Crippen molar-refractivity contribution in [2.45, 2.75) is 33.7 Å². The maximum atomic E-state index is 13.9. The van der Waals surface area contributed by atoms with Crippen LogP contribution in [-0.4, -0.2) is 31.1 Å². The predicted octanol–water partition coefficient (Wildman–Crippen LogP) is 3.13. The molecule has 1 aliphatic rings. The van der Waals surface area contributed by atoms with Crippen molar-refractivity contribution in [2.75, 3.05) is 26.2 Å². The first-order chi connectivity index (χ1) is 8.89. The number of hydrogen-bond donors (Lipinski definition) is 1. The van der Waals surface area contributed by atoms with E-state index < -0.39 is 0 Å². The molecule has 0 radical (unpaired) electrons. The van der Waals surface area contributed by atoms with Crippen molar-refractivity contribution in [1.82, 2.24) is 10.2 Å². The molecule has 1 aromatic rings. The predicted molar refractivity (Wildman–Crippen MR) is 77.8 cm³/mol. The highest BCUT2D eigenvalue weighted by molar-refractivity contribution is 5.27. The molecule has 3 heteroatoms. The minimum Gasteiger partial charge on any atom is -0.314 e. The lowest BCUT2D eigenvalue weighted by Crippen LogP contribution is -2.48. The Labute approximate surface area is 116 Å². The van der Waals surface area contributed by atoms with E-state index >= 15 is 0 Å². The Kier molecular flexibility index (Phi) is 4.26. The van der Waals surface area contributed by atoms with Gasteiger partial charge in [0.2, 0.25) is 0 Å². The van der Waals surface area contributed by atoms with Crippen LogP contribution in [0.4, 0.5) is 4.39 Å². The van der Waals surface area contributed by atoms with Gasteiger partial charge in [-0.05, 0) is 29.5 Å². The summed E-state index contributed by atoms with van der Waals surface area (Å²) in [5, 5.41) is 3.38. The highest BCUT2D eigenvalue weighted by Crippen LogP contribution is 2.38. The zero-order valence-electron chi connectivity index (χ0n) is 12.5. The number of nitrogens with zero attached hydrogens (tertiary/aromatic N) is 1. The van der Waals surface area contributed by atoms with E-state index in [1.165, 1.54) is 0 Å². The van der Waals surface area contributed by atoms with Gasteiger partial charge in [-0.2, -0.15) is 0 Å². The van der Waals surface area contributed by atoms with Gasteiger partial charge in [-0.3, -0.25) is 4.90 Å². The van der Waals surface area contributed by atoms with Crippen LogP contribution in [0.3, 0.4) is 0 Å². The smallest absolute Gasteiger partial charge is 0.126 e. The summed E-state index contributed by atoms with van der Waals surface area (Å²) in [6, 6.07) is 5.96. The monoisotopic (exact) mass is 264 g/mol. The summed E-state index contributed by atoms with van der Waals surface area (Å²) in [5.41, 5.74) is 1.91. The molecular formula is C16H25FN2. The summed E-state index contributed by atoms with van der Waals surface area (Å²) in [6.45, 7) is 12.6. The van der Waals surface area contributed by atoms with E-state index in [4.69, 9.17) is 0 Å². The molecule has 0 unspecified atom stereocenters. The fourth-order valence-corrected chi connectivity index (χ4v) is 2.98. The molecule has 1 saturated heterocycles. The first-order valence-electron chi connectivity index (χ1n) is 7.10. The van der Waals surface area contributed by atoms with Crippen LogP contribution in [0.1, 0.15) is 37.9 Å². The van der Waals surface area contributed by atoms with Gasteiger partial charge in [0, 0.05) is 32.2 Å². The molecule has 1 aliphatic heterocycles. The third-order valence-corrected chi connectivity index (χ3v) is 3.85. The molecule has 0 aromatic heterocycles. The molecule has 106 valence electrons. The summed E-state index contributed by atoms with van der Waals surface area (Å²) >= 11 is 0. The van der Waals surface area contributed by atoms with Crippen molar-refractivity contribution < 1.29 is 4.39 Å². The standard InChI is InChI=1S/C16H25FN2/c1-12-5-6-13(11-14(12)17)15(16(2,3)4)19-9-7-18-8-10-19/h5-6,11,15,18H,7-10H2,1-4H3/t15-/m1/s1. The van der Waals surface area contributed by atoms with Gasteiger partial charge in [-0.25, -0.2) is 4.39 Å². The van der Waals surface area contributed by atoms with Crippen molar-refractivity contribution >= 4 is 0 Å². The quantitative estimate of drug-likeness (QED) is 0.883. The average Bonchev–Trinajstić information content (AvgIpc) is 2.34. The lowest BCUT2D eigenvalue weighted by Gasteiger charge is -2.42. The second-order valence-corrected chi connectivity index (χ2v) is 6.56. The molecule has 1 N–H and O–H groups in total. The topological polar surface area (TPSA) is 15.3 Å². The molecule has 0 spiro atoms. The molecule has 0 bridgehead atoms. The summed E-state index contributed by atoms with van der Waals surface area (Å²) < 4.78 is 13.9. The van der Waals surface area contributed by atoms with E-state index in [0.29, 0.717) is 0 Å². The van der Waals surface area contributed by atoms with E-state index in [1.54, 1.807) is 6.07 Å². The fourth-order valence-electron chi connectivity index (χ4n) is 2.98. The third kappa shape index (κ3) is 3.34. The van der Waals surface area contributed by atoms with Crippen LogP contribution >= 0.6 is 0 Å². The van der Waals surface area contributed by atoms with Crippen molar-refractivity contribution in [3.05, 3.63) is 35.1 Å². The Morgan fingerprint density at radius 3 is 2.37 bits per heavy atom. The van der Waals surface area contributed by atoms with Crippen LogP contribution in [0.15, 0.2) is 18.2 Å². The van der Waals surface area contributed by atoms with E-state index in [0.717, 1.165) is 37.3 Å². The van der Waals surface area contributed by atoms with Crippen molar-refractivity contribution in [3.63, 3.8) is 0 Å². The molecule has 2 nitrogen and oxygen atoms in total. The second kappa shape index (κ2) is 5.59. The van der Waals surface area contributed by atoms with Crippen LogP contribution in [-0.2, 0) is 0 Å². The minimum atomic E-state index is -0.0955. The van der Waals surface area contributed by atoms with Gasteiger partial charge in [0.1, 0.15) is 5.82 Å². The van der Waals surface area contributed by atoms with Gasteiger partial charge in [0.25, 0.3) is 0 Å². The van der Waals surface area contributed by atoms with Gasteiger partial charge in [0.05, 0.1) is 0 Å².